The van der Waals surface area contributed by atoms with Crippen molar-refractivity contribution in [1.29, 1.82) is 0 Å². The van der Waals surface area contributed by atoms with Gasteiger partial charge in [-0.1, -0.05) is 35.3 Å². The number of cyclic esters (lactones) is 1. The molecule has 3 aromatic rings. The number of rotatable bonds is 4. The number of hydrogen-bond acceptors (Lipinski definition) is 5. The van der Waals surface area contributed by atoms with Crippen LogP contribution in [-0.4, -0.2) is 25.0 Å². The molecule has 0 aliphatic carbocycles. The number of nitrogens with one attached hydrogen (secondary N) is 1. The molecule has 0 radical (unpaired) electrons. The van der Waals surface area contributed by atoms with Gasteiger partial charge in [0.2, 0.25) is 0 Å². The summed E-state index contributed by atoms with van der Waals surface area (Å²) in [5.74, 6) is -1.51. The summed E-state index contributed by atoms with van der Waals surface area (Å²) in [6.07, 6.45) is -0.0709. The van der Waals surface area contributed by atoms with Crippen molar-refractivity contribution in [2.75, 3.05) is 12.4 Å². The van der Waals surface area contributed by atoms with Crippen LogP contribution in [0.4, 0.5) is 5.69 Å². The molecule has 0 spiro atoms. The maximum atomic E-state index is 12.9. The molecular formula is C24H17Cl2NO5. The van der Waals surface area contributed by atoms with Crippen molar-refractivity contribution in [3.8, 4) is 0 Å². The topological polar surface area (TPSA) is 81.7 Å². The van der Waals surface area contributed by atoms with Crippen LogP contribution in [0.5, 0.6) is 0 Å². The van der Waals surface area contributed by atoms with E-state index in [1.54, 1.807) is 36.4 Å². The van der Waals surface area contributed by atoms with E-state index in [2.05, 4.69) is 5.32 Å². The number of fused-ring (bicyclic) bond motifs is 1. The number of carbonyl (C=O) groups excluding carboxylic acids is 3. The number of halogens is 2. The highest BCUT2D eigenvalue weighted by molar-refractivity contribution is 6.31. The number of benzene rings is 3. The van der Waals surface area contributed by atoms with Gasteiger partial charge in [0, 0.05) is 22.0 Å². The Morgan fingerprint density at radius 1 is 1.00 bits per heavy atom. The third-order valence-electron chi connectivity index (χ3n) is 5.12. The van der Waals surface area contributed by atoms with Crippen molar-refractivity contribution in [1.82, 2.24) is 0 Å². The molecule has 3 aromatic carbocycles. The Hall–Kier alpha value is -3.35. The van der Waals surface area contributed by atoms with Gasteiger partial charge in [0.15, 0.2) is 0 Å². The zero-order valence-electron chi connectivity index (χ0n) is 16.9. The minimum absolute atomic E-state index is 0.176. The number of methoxy groups -OCH3 is 1. The fourth-order valence-corrected chi connectivity index (χ4v) is 3.80. The van der Waals surface area contributed by atoms with E-state index in [0.717, 1.165) is 5.56 Å². The van der Waals surface area contributed by atoms with Gasteiger partial charge in [-0.15, -0.1) is 0 Å². The predicted octanol–water partition coefficient (Wildman–Crippen LogP) is 5.49. The number of amides is 1. The van der Waals surface area contributed by atoms with E-state index in [1.165, 1.54) is 31.4 Å². The van der Waals surface area contributed by atoms with Gasteiger partial charge in [-0.2, -0.15) is 0 Å². The van der Waals surface area contributed by atoms with Crippen LogP contribution < -0.4 is 5.32 Å². The van der Waals surface area contributed by atoms with Crippen LogP contribution >= 0.6 is 23.2 Å². The second kappa shape index (κ2) is 9.02. The highest BCUT2D eigenvalue weighted by Gasteiger charge is 2.28. The van der Waals surface area contributed by atoms with E-state index in [-0.39, 0.29) is 11.3 Å². The van der Waals surface area contributed by atoms with Crippen molar-refractivity contribution < 1.29 is 23.9 Å². The smallest absolute Gasteiger partial charge is 0.339 e. The lowest BCUT2D eigenvalue weighted by atomic mass is 9.93. The SMILES string of the molecule is COC(=O)c1ccc(Cl)cc1NC(=O)c1ccc2c(c1)C[C@H](c1ccc(Cl)cc1)OC2=O. The summed E-state index contributed by atoms with van der Waals surface area (Å²) in [5, 5.41) is 3.63. The molecule has 4 rings (SSSR count). The van der Waals surface area contributed by atoms with E-state index in [4.69, 9.17) is 32.7 Å². The molecule has 32 heavy (non-hydrogen) atoms. The maximum absolute atomic E-state index is 12.9. The molecular weight excluding hydrogens is 453 g/mol. The Kier molecular flexibility index (Phi) is 6.17. The number of hydrogen-bond donors (Lipinski definition) is 1. The third kappa shape index (κ3) is 4.47. The first-order chi connectivity index (χ1) is 15.4. The molecule has 162 valence electrons. The van der Waals surface area contributed by atoms with Crippen molar-refractivity contribution in [2.45, 2.75) is 12.5 Å². The standard InChI is InChI=1S/C24H17Cl2NO5/c1-31-23(29)19-9-7-17(26)12-20(19)27-22(28)14-4-8-18-15(10-14)11-21(32-24(18)30)13-2-5-16(25)6-3-13/h2-10,12,21H,11H2,1H3,(H,27,28)/t21-/m1/s1. The van der Waals surface area contributed by atoms with Gasteiger partial charge < -0.3 is 14.8 Å². The van der Waals surface area contributed by atoms with Crippen LogP contribution in [0.1, 0.15) is 48.3 Å². The van der Waals surface area contributed by atoms with Crippen molar-refractivity contribution in [3.63, 3.8) is 0 Å². The lowest BCUT2D eigenvalue weighted by Gasteiger charge is -2.25. The first-order valence-corrected chi connectivity index (χ1v) is 10.4. The molecule has 0 saturated carbocycles. The van der Waals surface area contributed by atoms with Crippen molar-refractivity contribution >= 4 is 46.7 Å². The molecule has 0 unspecified atom stereocenters. The zero-order valence-corrected chi connectivity index (χ0v) is 18.4. The summed E-state index contributed by atoms with van der Waals surface area (Å²) in [6.45, 7) is 0. The van der Waals surface area contributed by atoms with Crippen LogP contribution in [0.25, 0.3) is 0 Å². The zero-order chi connectivity index (χ0) is 22.8. The minimum atomic E-state index is -0.601. The molecule has 1 aliphatic rings. The normalized spacial score (nSPS) is 14.8. The molecule has 1 atom stereocenters. The van der Waals surface area contributed by atoms with Crippen LogP contribution in [0, 0.1) is 0 Å². The van der Waals surface area contributed by atoms with Crippen molar-refractivity contribution in [2.24, 2.45) is 0 Å². The first kappa shape index (κ1) is 21.9. The molecule has 8 heteroatoms. The van der Waals surface area contributed by atoms with E-state index >= 15 is 0 Å². The quantitative estimate of drug-likeness (QED) is 0.511. The monoisotopic (exact) mass is 469 g/mol. The lowest BCUT2D eigenvalue weighted by Crippen LogP contribution is -2.23. The Morgan fingerprint density at radius 3 is 2.44 bits per heavy atom. The second-order valence-corrected chi connectivity index (χ2v) is 8.03. The molecule has 1 amide bonds. The fourth-order valence-electron chi connectivity index (χ4n) is 3.50. The molecule has 1 N–H and O–H groups in total. The van der Waals surface area contributed by atoms with Crippen LogP contribution in [0.3, 0.4) is 0 Å². The average Bonchev–Trinajstić information content (AvgIpc) is 2.78. The predicted molar refractivity (Wildman–Crippen MR) is 120 cm³/mol. The Bertz CT molecular complexity index is 1220. The average molecular weight is 470 g/mol. The maximum Gasteiger partial charge on any atom is 0.339 e. The largest absolute Gasteiger partial charge is 0.465 e. The summed E-state index contributed by atoms with van der Waals surface area (Å²) in [6, 6.07) is 16.3. The summed E-state index contributed by atoms with van der Waals surface area (Å²) >= 11 is 12.0. The van der Waals surface area contributed by atoms with Gasteiger partial charge in [0.05, 0.1) is 23.9 Å². The van der Waals surface area contributed by atoms with Crippen LogP contribution in [0.15, 0.2) is 60.7 Å². The summed E-state index contributed by atoms with van der Waals surface area (Å²) in [4.78, 5) is 37.4. The van der Waals surface area contributed by atoms with Crippen molar-refractivity contribution in [3.05, 3.63) is 98.5 Å². The Balaban J connectivity index is 1.61. The van der Waals surface area contributed by atoms with E-state index in [0.29, 0.717) is 33.2 Å². The Morgan fingerprint density at radius 2 is 1.72 bits per heavy atom. The fraction of sp³-hybridized carbons (Fsp3) is 0.125. The van der Waals surface area contributed by atoms with Gasteiger partial charge in [0.25, 0.3) is 5.91 Å². The summed E-state index contributed by atoms with van der Waals surface area (Å²) in [5.41, 5.74) is 2.63. The van der Waals surface area contributed by atoms with Crippen LogP contribution in [0.2, 0.25) is 10.0 Å². The molecule has 1 aliphatic heterocycles. The highest BCUT2D eigenvalue weighted by Crippen LogP contribution is 2.32. The molecule has 6 nitrogen and oxygen atoms in total. The van der Waals surface area contributed by atoms with E-state index in [9.17, 15) is 14.4 Å². The van der Waals surface area contributed by atoms with Gasteiger partial charge >= 0.3 is 11.9 Å². The molecule has 0 fully saturated rings. The summed E-state index contributed by atoms with van der Waals surface area (Å²) in [7, 11) is 1.25. The Labute approximate surface area is 194 Å². The van der Waals surface area contributed by atoms with E-state index in [1.807, 2.05) is 0 Å². The second-order valence-electron chi connectivity index (χ2n) is 7.16. The van der Waals surface area contributed by atoms with E-state index < -0.39 is 23.9 Å². The van der Waals surface area contributed by atoms with Gasteiger partial charge in [0.1, 0.15) is 6.10 Å². The van der Waals surface area contributed by atoms with Gasteiger partial charge in [-0.25, -0.2) is 9.59 Å². The first-order valence-electron chi connectivity index (χ1n) is 9.64. The lowest BCUT2D eigenvalue weighted by molar-refractivity contribution is 0.0252. The molecule has 0 aromatic heterocycles. The number of ether oxygens (including phenoxy) is 2. The van der Waals surface area contributed by atoms with Gasteiger partial charge in [-0.3, -0.25) is 4.79 Å². The minimum Gasteiger partial charge on any atom is -0.465 e. The molecule has 1 heterocycles. The molecule has 0 bridgehead atoms. The van der Waals surface area contributed by atoms with Gasteiger partial charge in [-0.05, 0) is 59.7 Å². The highest BCUT2D eigenvalue weighted by atomic mass is 35.5. The number of esters is 2. The van der Waals surface area contributed by atoms with Crippen LogP contribution in [-0.2, 0) is 15.9 Å². The summed E-state index contributed by atoms with van der Waals surface area (Å²) < 4.78 is 10.3. The molecule has 0 saturated heterocycles. The number of carbonyl (C=O) groups is 3. The third-order valence-corrected chi connectivity index (χ3v) is 5.61. The number of anilines is 1.